The average molecular weight is 399 g/mol. The normalized spacial score (nSPS) is 17.7. The maximum Gasteiger partial charge on any atom is 0.253 e. The second-order valence-electron chi connectivity index (χ2n) is 6.98. The van der Waals surface area contributed by atoms with Crippen molar-refractivity contribution in [1.29, 1.82) is 0 Å². The molecule has 0 atom stereocenters. The number of sulfonamides is 1. The van der Waals surface area contributed by atoms with E-state index in [1.54, 1.807) is 47.2 Å². The van der Waals surface area contributed by atoms with E-state index in [1.807, 2.05) is 18.2 Å². The lowest BCUT2D eigenvalue weighted by molar-refractivity contribution is -0.117. The van der Waals surface area contributed by atoms with Crippen LogP contribution in [0.2, 0.25) is 0 Å². The van der Waals surface area contributed by atoms with Gasteiger partial charge >= 0.3 is 0 Å². The average Bonchev–Trinajstić information content (AvgIpc) is 3.01. The van der Waals surface area contributed by atoms with Crippen LogP contribution in [0.5, 0.6) is 0 Å². The number of carbonyl (C=O) groups excluding carboxylic acids is 2. The van der Waals surface area contributed by atoms with E-state index in [1.165, 1.54) is 4.31 Å². The molecule has 0 aromatic heterocycles. The van der Waals surface area contributed by atoms with E-state index in [2.05, 4.69) is 0 Å². The zero-order valence-electron chi connectivity index (χ0n) is 15.5. The Labute approximate surface area is 164 Å². The van der Waals surface area contributed by atoms with Gasteiger partial charge in [0, 0.05) is 44.5 Å². The van der Waals surface area contributed by atoms with E-state index in [0.717, 1.165) is 11.3 Å². The monoisotopic (exact) mass is 399 g/mol. The van der Waals surface area contributed by atoms with Crippen LogP contribution in [0.15, 0.2) is 53.4 Å². The van der Waals surface area contributed by atoms with Crippen molar-refractivity contribution in [2.75, 3.05) is 38.1 Å². The number of carbonyl (C=O) groups is 2. The number of anilines is 1. The molecule has 2 aliphatic heterocycles. The topological polar surface area (TPSA) is 78.0 Å². The van der Waals surface area contributed by atoms with Crippen molar-refractivity contribution in [2.24, 2.45) is 0 Å². The van der Waals surface area contributed by atoms with Gasteiger partial charge in [0.1, 0.15) is 0 Å². The van der Waals surface area contributed by atoms with Gasteiger partial charge < -0.3 is 9.80 Å². The minimum atomic E-state index is -3.67. The van der Waals surface area contributed by atoms with Crippen LogP contribution in [-0.2, 0) is 21.2 Å². The maximum absolute atomic E-state index is 13.0. The number of amides is 2. The summed E-state index contributed by atoms with van der Waals surface area (Å²) >= 11 is 0. The zero-order chi connectivity index (χ0) is 19.9. The highest BCUT2D eigenvalue weighted by Gasteiger charge is 2.32. The van der Waals surface area contributed by atoms with Gasteiger partial charge in [-0.05, 0) is 35.9 Å². The van der Waals surface area contributed by atoms with Crippen molar-refractivity contribution in [1.82, 2.24) is 9.21 Å². The van der Waals surface area contributed by atoms with Gasteiger partial charge in [0.25, 0.3) is 5.91 Å². The van der Waals surface area contributed by atoms with Crippen LogP contribution in [0.3, 0.4) is 0 Å². The number of rotatable bonds is 3. The molecule has 8 heteroatoms. The third-order valence-corrected chi connectivity index (χ3v) is 7.21. The summed E-state index contributed by atoms with van der Waals surface area (Å²) in [6.45, 7) is 1.19. The summed E-state index contributed by atoms with van der Waals surface area (Å²) in [6.07, 6.45) is 0.217. The van der Waals surface area contributed by atoms with E-state index in [4.69, 9.17) is 0 Å². The zero-order valence-corrected chi connectivity index (χ0v) is 16.4. The highest BCUT2D eigenvalue weighted by molar-refractivity contribution is 7.89. The largest absolute Gasteiger partial charge is 0.336 e. The molecular weight excluding hydrogens is 378 g/mol. The molecule has 28 heavy (non-hydrogen) atoms. The van der Waals surface area contributed by atoms with Crippen LogP contribution in [-0.4, -0.2) is 62.7 Å². The first-order chi connectivity index (χ1) is 13.4. The molecule has 0 aliphatic carbocycles. The molecule has 0 radical (unpaired) electrons. The molecule has 0 spiro atoms. The molecule has 2 aromatic carbocycles. The van der Waals surface area contributed by atoms with Gasteiger partial charge in [0.2, 0.25) is 15.9 Å². The summed E-state index contributed by atoms with van der Waals surface area (Å²) in [7, 11) is -1.98. The van der Waals surface area contributed by atoms with Crippen molar-refractivity contribution < 1.29 is 18.0 Å². The summed E-state index contributed by atoms with van der Waals surface area (Å²) in [5, 5.41) is 0. The SMILES string of the molecule is CN1C(=O)Cc2cc(S(=O)(=O)N3CCN(C(=O)c4ccccc4)CC3)ccc21. The first kappa shape index (κ1) is 18.6. The molecule has 4 rings (SSSR count). The molecule has 2 aliphatic rings. The van der Waals surface area contributed by atoms with E-state index in [-0.39, 0.29) is 36.2 Å². The molecule has 1 fully saturated rings. The Kier molecular flexibility index (Phi) is 4.68. The van der Waals surface area contributed by atoms with Crippen LogP contribution in [0.4, 0.5) is 5.69 Å². The number of hydrogen-bond donors (Lipinski definition) is 0. The van der Waals surface area contributed by atoms with Gasteiger partial charge in [-0.3, -0.25) is 9.59 Å². The lowest BCUT2D eigenvalue weighted by Crippen LogP contribution is -2.50. The number of piperazine rings is 1. The highest BCUT2D eigenvalue weighted by atomic mass is 32.2. The molecule has 1 saturated heterocycles. The van der Waals surface area contributed by atoms with Gasteiger partial charge in [-0.25, -0.2) is 8.42 Å². The number of likely N-dealkylation sites (N-methyl/N-ethyl adjacent to an activating group) is 1. The van der Waals surface area contributed by atoms with Crippen molar-refractivity contribution in [3.05, 3.63) is 59.7 Å². The Bertz CT molecular complexity index is 1030. The molecular formula is C20H21N3O4S. The quantitative estimate of drug-likeness (QED) is 0.781. The van der Waals surface area contributed by atoms with E-state index < -0.39 is 10.0 Å². The fourth-order valence-electron chi connectivity index (χ4n) is 3.65. The van der Waals surface area contributed by atoms with Gasteiger partial charge in [-0.2, -0.15) is 4.31 Å². The number of nitrogens with zero attached hydrogens (tertiary/aromatic N) is 3. The van der Waals surface area contributed by atoms with Crippen LogP contribution in [0.25, 0.3) is 0 Å². The van der Waals surface area contributed by atoms with Gasteiger partial charge in [0.05, 0.1) is 11.3 Å². The molecule has 2 amide bonds. The lowest BCUT2D eigenvalue weighted by Gasteiger charge is -2.34. The standard InChI is InChI=1S/C20H21N3O4S/c1-21-18-8-7-17(13-16(18)14-19(21)24)28(26,27)23-11-9-22(10-12-23)20(25)15-5-3-2-4-6-15/h2-8,13H,9-12,14H2,1H3. The molecule has 146 valence electrons. The Balaban J connectivity index is 1.48. The Morgan fingerprint density at radius 3 is 2.32 bits per heavy atom. The van der Waals surface area contributed by atoms with Gasteiger partial charge in [-0.1, -0.05) is 18.2 Å². The van der Waals surface area contributed by atoms with Gasteiger partial charge in [0.15, 0.2) is 0 Å². The third kappa shape index (κ3) is 3.18. The van der Waals surface area contributed by atoms with Gasteiger partial charge in [-0.15, -0.1) is 0 Å². The van der Waals surface area contributed by atoms with Crippen LogP contribution in [0.1, 0.15) is 15.9 Å². The van der Waals surface area contributed by atoms with E-state index in [9.17, 15) is 18.0 Å². The Hall–Kier alpha value is -2.71. The summed E-state index contributed by atoms with van der Waals surface area (Å²) in [6, 6.07) is 13.8. The predicted octanol–water partition coefficient (Wildman–Crippen LogP) is 1.35. The van der Waals surface area contributed by atoms with Crippen LogP contribution >= 0.6 is 0 Å². The first-order valence-corrected chi connectivity index (χ1v) is 10.6. The van der Waals surface area contributed by atoms with Crippen molar-refractivity contribution >= 4 is 27.5 Å². The Morgan fingerprint density at radius 2 is 1.64 bits per heavy atom. The highest BCUT2D eigenvalue weighted by Crippen LogP contribution is 2.31. The number of benzene rings is 2. The number of hydrogen-bond acceptors (Lipinski definition) is 4. The van der Waals surface area contributed by atoms with Crippen molar-refractivity contribution in [3.63, 3.8) is 0 Å². The lowest BCUT2D eigenvalue weighted by atomic mass is 10.2. The molecule has 7 nitrogen and oxygen atoms in total. The number of fused-ring (bicyclic) bond motifs is 1. The van der Waals surface area contributed by atoms with Crippen LogP contribution < -0.4 is 4.90 Å². The second kappa shape index (κ2) is 7.03. The minimum Gasteiger partial charge on any atom is -0.336 e. The van der Waals surface area contributed by atoms with Crippen LogP contribution in [0, 0.1) is 0 Å². The fourth-order valence-corrected chi connectivity index (χ4v) is 5.12. The molecule has 2 heterocycles. The second-order valence-corrected chi connectivity index (χ2v) is 8.92. The van der Waals surface area contributed by atoms with E-state index in [0.29, 0.717) is 18.7 Å². The summed E-state index contributed by atoms with van der Waals surface area (Å²) < 4.78 is 27.4. The van der Waals surface area contributed by atoms with Crippen molar-refractivity contribution in [3.8, 4) is 0 Å². The summed E-state index contributed by atoms with van der Waals surface area (Å²) in [4.78, 5) is 27.8. The maximum atomic E-state index is 13.0. The molecule has 0 saturated carbocycles. The first-order valence-electron chi connectivity index (χ1n) is 9.12. The summed E-state index contributed by atoms with van der Waals surface area (Å²) in [5.41, 5.74) is 2.08. The van der Waals surface area contributed by atoms with Crippen molar-refractivity contribution in [2.45, 2.75) is 11.3 Å². The fraction of sp³-hybridized carbons (Fsp3) is 0.300. The Morgan fingerprint density at radius 1 is 0.964 bits per heavy atom. The van der Waals surface area contributed by atoms with E-state index >= 15 is 0 Å². The predicted molar refractivity (Wildman–Crippen MR) is 105 cm³/mol. The smallest absolute Gasteiger partial charge is 0.253 e. The molecule has 0 unspecified atom stereocenters. The molecule has 0 bridgehead atoms. The minimum absolute atomic E-state index is 0.0439. The third-order valence-electron chi connectivity index (χ3n) is 5.31. The molecule has 2 aromatic rings. The summed E-state index contributed by atoms with van der Waals surface area (Å²) in [5.74, 6) is -0.130. The molecule has 0 N–H and O–H groups in total.